The van der Waals surface area contributed by atoms with Gasteiger partial charge in [-0.3, -0.25) is 4.79 Å². The highest BCUT2D eigenvalue weighted by molar-refractivity contribution is 6.35. The first-order valence-corrected chi connectivity index (χ1v) is 8.65. The lowest BCUT2D eigenvalue weighted by molar-refractivity contribution is 0.0945. The molecule has 7 heteroatoms. The summed E-state index contributed by atoms with van der Waals surface area (Å²) in [5.41, 5.74) is 3.03. The van der Waals surface area contributed by atoms with Crippen LogP contribution in [0.4, 0.5) is 11.5 Å². The molecule has 3 aromatic rings. The van der Waals surface area contributed by atoms with E-state index in [1.165, 1.54) is 12.4 Å². The number of nitrogens with one attached hydrogen (secondary N) is 2. The molecule has 0 aliphatic heterocycles. The largest absolute Gasteiger partial charge is 0.347 e. The summed E-state index contributed by atoms with van der Waals surface area (Å²) in [4.78, 5) is 20.6. The van der Waals surface area contributed by atoms with Crippen LogP contribution in [0.1, 0.15) is 21.6 Å². The molecule has 0 saturated heterocycles. The van der Waals surface area contributed by atoms with Crippen molar-refractivity contribution in [3.63, 3.8) is 0 Å². The van der Waals surface area contributed by atoms with Crippen LogP contribution in [0.2, 0.25) is 10.0 Å². The van der Waals surface area contributed by atoms with Crippen LogP contribution in [-0.4, -0.2) is 15.9 Å². The smallest absolute Gasteiger partial charge is 0.271 e. The molecule has 0 saturated carbocycles. The molecule has 0 aliphatic rings. The number of aromatic nitrogens is 2. The predicted molar refractivity (Wildman–Crippen MR) is 104 cm³/mol. The van der Waals surface area contributed by atoms with Gasteiger partial charge in [-0.25, -0.2) is 9.97 Å². The van der Waals surface area contributed by atoms with Crippen LogP contribution in [0.15, 0.2) is 54.9 Å². The quantitative estimate of drug-likeness (QED) is 0.662. The summed E-state index contributed by atoms with van der Waals surface area (Å²) in [7, 11) is 0. The molecule has 2 N–H and O–H groups in total. The highest BCUT2D eigenvalue weighted by Gasteiger charge is 2.09. The molecule has 0 atom stereocenters. The Balaban J connectivity index is 1.64. The molecule has 2 aromatic carbocycles. The minimum absolute atomic E-state index is 0.237. The number of hydrogen-bond donors (Lipinski definition) is 2. The Bertz CT molecular complexity index is 929. The molecule has 0 unspecified atom stereocenters. The van der Waals surface area contributed by atoms with E-state index in [1.54, 1.807) is 18.2 Å². The van der Waals surface area contributed by atoms with Gasteiger partial charge >= 0.3 is 0 Å². The molecule has 1 heterocycles. The third-order valence-electron chi connectivity index (χ3n) is 3.78. The Hall–Kier alpha value is -2.63. The fraction of sp³-hybridized carbons (Fsp3) is 0.105. The molecule has 26 heavy (non-hydrogen) atoms. The summed E-state index contributed by atoms with van der Waals surface area (Å²) in [6, 6.07) is 13.0. The van der Waals surface area contributed by atoms with Gasteiger partial charge in [0.25, 0.3) is 5.91 Å². The fourth-order valence-corrected chi connectivity index (χ4v) is 2.65. The SMILES string of the molecule is Cc1ccccc1CNC(=O)c1cnc(Nc2cc(Cl)ccc2Cl)cn1. The van der Waals surface area contributed by atoms with Gasteiger partial charge in [-0.05, 0) is 36.2 Å². The van der Waals surface area contributed by atoms with E-state index in [0.29, 0.717) is 28.1 Å². The second kappa shape index (κ2) is 8.17. The van der Waals surface area contributed by atoms with Crippen LogP contribution >= 0.6 is 23.2 Å². The van der Waals surface area contributed by atoms with Crippen molar-refractivity contribution in [3.05, 3.63) is 81.7 Å². The third-order valence-corrected chi connectivity index (χ3v) is 4.34. The monoisotopic (exact) mass is 386 g/mol. The van der Waals surface area contributed by atoms with Crippen molar-refractivity contribution in [1.82, 2.24) is 15.3 Å². The number of carbonyl (C=O) groups is 1. The van der Waals surface area contributed by atoms with Gasteiger partial charge in [0.15, 0.2) is 0 Å². The molecule has 0 radical (unpaired) electrons. The van der Waals surface area contributed by atoms with E-state index < -0.39 is 0 Å². The molecule has 3 rings (SSSR count). The van der Waals surface area contributed by atoms with Gasteiger partial charge in [-0.15, -0.1) is 0 Å². The average molecular weight is 387 g/mol. The topological polar surface area (TPSA) is 66.9 Å². The minimum Gasteiger partial charge on any atom is -0.347 e. The summed E-state index contributed by atoms with van der Waals surface area (Å²) in [5, 5.41) is 6.93. The maximum absolute atomic E-state index is 12.2. The first-order chi connectivity index (χ1) is 12.5. The van der Waals surface area contributed by atoms with Gasteiger partial charge in [-0.2, -0.15) is 0 Å². The number of anilines is 2. The predicted octanol–water partition coefficient (Wildman–Crippen LogP) is 4.77. The Kier molecular flexibility index (Phi) is 5.71. The zero-order valence-corrected chi connectivity index (χ0v) is 15.5. The van der Waals surface area contributed by atoms with Crippen molar-refractivity contribution in [2.24, 2.45) is 0 Å². The maximum Gasteiger partial charge on any atom is 0.271 e. The van der Waals surface area contributed by atoms with Crippen LogP contribution < -0.4 is 10.6 Å². The molecular formula is C19H16Cl2N4O. The van der Waals surface area contributed by atoms with Crippen molar-refractivity contribution in [2.75, 3.05) is 5.32 Å². The zero-order chi connectivity index (χ0) is 18.5. The lowest BCUT2D eigenvalue weighted by atomic mass is 10.1. The summed E-state index contributed by atoms with van der Waals surface area (Å²) in [6.07, 6.45) is 2.88. The average Bonchev–Trinajstić information content (AvgIpc) is 2.64. The van der Waals surface area contributed by atoms with E-state index in [4.69, 9.17) is 23.2 Å². The Morgan fingerprint density at radius 3 is 2.62 bits per heavy atom. The van der Waals surface area contributed by atoms with Crippen LogP contribution in [0, 0.1) is 6.92 Å². The highest BCUT2D eigenvalue weighted by atomic mass is 35.5. The summed E-state index contributed by atoms with van der Waals surface area (Å²) in [5.74, 6) is 0.178. The van der Waals surface area contributed by atoms with Crippen molar-refractivity contribution < 1.29 is 4.79 Å². The molecule has 1 amide bonds. The zero-order valence-electron chi connectivity index (χ0n) is 14.0. The standard InChI is InChI=1S/C19H16Cl2N4O/c1-12-4-2-3-5-13(12)9-24-19(26)17-10-23-18(11-22-17)25-16-8-14(20)6-7-15(16)21/h2-8,10-11H,9H2,1H3,(H,23,25)(H,24,26). The van der Waals surface area contributed by atoms with E-state index in [0.717, 1.165) is 11.1 Å². The molecule has 132 valence electrons. The number of rotatable bonds is 5. The number of hydrogen-bond acceptors (Lipinski definition) is 4. The van der Waals surface area contributed by atoms with E-state index >= 15 is 0 Å². The van der Waals surface area contributed by atoms with E-state index in [2.05, 4.69) is 20.6 Å². The van der Waals surface area contributed by atoms with Crippen molar-refractivity contribution in [1.29, 1.82) is 0 Å². The number of benzene rings is 2. The maximum atomic E-state index is 12.2. The Labute approximate surface area is 161 Å². The molecule has 0 aliphatic carbocycles. The van der Waals surface area contributed by atoms with Gasteiger partial charge in [-0.1, -0.05) is 47.5 Å². The third kappa shape index (κ3) is 4.50. The minimum atomic E-state index is -0.284. The molecule has 0 fully saturated rings. The second-order valence-electron chi connectivity index (χ2n) is 5.65. The Morgan fingerprint density at radius 1 is 1.08 bits per heavy atom. The van der Waals surface area contributed by atoms with Gasteiger partial charge in [0, 0.05) is 11.6 Å². The van der Waals surface area contributed by atoms with Crippen molar-refractivity contribution in [3.8, 4) is 0 Å². The molecule has 0 bridgehead atoms. The van der Waals surface area contributed by atoms with Crippen LogP contribution in [0.5, 0.6) is 0 Å². The van der Waals surface area contributed by atoms with E-state index in [1.807, 2.05) is 31.2 Å². The molecule has 0 spiro atoms. The molecular weight excluding hydrogens is 371 g/mol. The number of carbonyl (C=O) groups excluding carboxylic acids is 1. The highest BCUT2D eigenvalue weighted by Crippen LogP contribution is 2.27. The van der Waals surface area contributed by atoms with Gasteiger partial charge in [0.05, 0.1) is 23.1 Å². The van der Waals surface area contributed by atoms with Crippen LogP contribution in [-0.2, 0) is 6.54 Å². The molecule has 5 nitrogen and oxygen atoms in total. The van der Waals surface area contributed by atoms with Crippen LogP contribution in [0.25, 0.3) is 0 Å². The lowest BCUT2D eigenvalue weighted by Gasteiger charge is -2.09. The second-order valence-corrected chi connectivity index (χ2v) is 6.49. The number of halogens is 2. The first kappa shape index (κ1) is 18.2. The summed E-state index contributed by atoms with van der Waals surface area (Å²) >= 11 is 12.1. The normalized spacial score (nSPS) is 10.4. The summed E-state index contributed by atoms with van der Waals surface area (Å²) in [6.45, 7) is 2.44. The van der Waals surface area contributed by atoms with Crippen molar-refractivity contribution >= 4 is 40.6 Å². The van der Waals surface area contributed by atoms with Crippen molar-refractivity contribution in [2.45, 2.75) is 13.5 Å². The number of aryl methyl sites for hydroxylation is 1. The summed E-state index contributed by atoms with van der Waals surface area (Å²) < 4.78 is 0. The van der Waals surface area contributed by atoms with Crippen LogP contribution in [0.3, 0.4) is 0 Å². The van der Waals surface area contributed by atoms with E-state index in [-0.39, 0.29) is 11.6 Å². The Morgan fingerprint density at radius 2 is 1.88 bits per heavy atom. The molecule has 1 aromatic heterocycles. The number of amides is 1. The fourth-order valence-electron chi connectivity index (χ4n) is 2.32. The van der Waals surface area contributed by atoms with Gasteiger partial charge in [0.1, 0.15) is 11.5 Å². The number of nitrogens with zero attached hydrogens (tertiary/aromatic N) is 2. The van der Waals surface area contributed by atoms with E-state index in [9.17, 15) is 4.79 Å². The lowest BCUT2D eigenvalue weighted by Crippen LogP contribution is -2.24. The van der Waals surface area contributed by atoms with Gasteiger partial charge < -0.3 is 10.6 Å². The van der Waals surface area contributed by atoms with Gasteiger partial charge in [0.2, 0.25) is 0 Å². The first-order valence-electron chi connectivity index (χ1n) is 7.90.